The van der Waals surface area contributed by atoms with Crippen LogP contribution < -0.4 is 5.32 Å². The van der Waals surface area contributed by atoms with Crippen LogP contribution in [0.4, 0.5) is 0 Å². The molecule has 1 saturated heterocycles. The number of nitrogens with one attached hydrogen (secondary N) is 2. The minimum atomic E-state index is 0.706. The van der Waals surface area contributed by atoms with Gasteiger partial charge in [-0.3, -0.25) is 4.90 Å². The summed E-state index contributed by atoms with van der Waals surface area (Å²) in [7, 11) is 0. The summed E-state index contributed by atoms with van der Waals surface area (Å²) in [5.41, 5.74) is 0. The van der Waals surface area contributed by atoms with Crippen molar-refractivity contribution in [1.82, 2.24) is 20.2 Å². The smallest absolute Gasteiger partial charge is 0.106 e. The fraction of sp³-hybridized carbons (Fsp3) is 0.786. The summed E-state index contributed by atoms with van der Waals surface area (Å²) in [4.78, 5) is 10.1. The standard InChI is InChI=1S/C14H24N4/c1-11-9-12(10-18(11)13-4-5-13)15-6-2-3-14-16-7-8-17-14/h7-8,11-13,15H,2-6,9-10H2,1H3,(H,16,17). The number of hydrogen-bond acceptors (Lipinski definition) is 3. The van der Waals surface area contributed by atoms with Gasteiger partial charge in [0, 0.05) is 43.5 Å². The van der Waals surface area contributed by atoms with Crippen molar-refractivity contribution in [2.24, 2.45) is 0 Å². The van der Waals surface area contributed by atoms with Gasteiger partial charge in [0.2, 0.25) is 0 Å². The molecular weight excluding hydrogens is 224 g/mol. The Balaban J connectivity index is 1.34. The molecule has 0 amide bonds. The zero-order chi connectivity index (χ0) is 12.4. The maximum absolute atomic E-state index is 4.25. The van der Waals surface area contributed by atoms with E-state index >= 15 is 0 Å². The third-order valence-electron chi connectivity index (χ3n) is 4.22. The highest BCUT2D eigenvalue weighted by atomic mass is 15.3. The maximum atomic E-state index is 4.25. The topological polar surface area (TPSA) is 44.0 Å². The molecule has 0 spiro atoms. The van der Waals surface area contributed by atoms with Crippen LogP contribution in [0.15, 0.2) is 12.4 Å². The predicted octanol–water partition coefficient (Wildman–Crippen LogP) is 1.56. The predicted molar refractivity (Wildman–Crippen MR) is 72.5 cm³/mol. The van der Waals surface area contributed by atoms with Crippen molar-refractivity contribution < 1.29 is 0 Å². The Labute approximate surface area is 109 Å². The number of hydrogen-bond donors (Lipinski definition) is 2. The van der Waals surface area contributed by atoms with Gasteiger partial charge in [0.15, 0.2) is 0 Å². The van der Waals surface area contributed by atoms with Crippen LogP contribution in [0.2, 0.25) is 0 Å². The SMILES string of the molecule is CC1CC(NCCCc2ncc[nH]2)CN1C1CC1. The molecule has 100 valence electrons. The molecular formula is C14H24N4. The van der Waals surface area contributed by atoms with E-state index in [4.69, 9.17) is 0 Å². The Morgan fingerprint density at radius 1 is 1.50 bits per heavy atom. The lowest BCUT2D eigenvalue weighted by atomic mass is 10.2. The van der Waals surface area contributed by atoms with Gasteiger partial charge in [-0.1, -0.05) is 0 Å². The zero-order valence-corrected chi connectivity index (χ0v) is 11.2. The van der Waals surface area contributed by atoms with Crippen LogP contribution in [0.1, 0.15) is 38.4 Å². The number of rotatable bonds is 6. The molecule has 0 bridgehead atoms. The number of imidazole rings is 1. The third kappa shape index (κ3) is 2.93. The monoisotopic (exact) mass is 248 g/mol. The lowest BCUT2D eigenvalue weighted by Gasteiger charge is -2.19. The normalized spacial score (nSPS) is 28.9. The van der Waals surface area contributed by atoms with Gasteiger partial charge >= 0.3 is 0 Å². The van der Waals surface area contributed by atoms with Gasteiger partial charge in [0.05, 0.1) is 0 Å². The molecule has 2 unspecified atom stereocenters. The Kier molecular flexibility index (Phi) is 3.66. The second kappa shape index (κ2) is 5.41. The maximum Gasteiger partial charge on any atom is 0.106 e. The van der Waals surface area contributed by atoms with Crippen LogP contribution in [-0.2, 0) is 6.42 Å². The molecule has 1 aliphatic heterocycles. The number of likely N-dealkylation sites (tertiary alicyclic amines) is 1. The quantitative estimate of drug-likeness (QED) is 0.751. The number of nitrogens with zero attached hydrogens (tertiary/aromatic N) is 2. The van der Waals surface area contributed by atoms with E-state index in [1.54, 1.807) is 0 Å². The molecule has 1 aliphatic carbocycles. The summed E-state index contributed by atoms with van der Waals surface area (Å²) in [6, 6.07) is 2.40. The number of H-pyrrole nitrogens is 1. The van der Waals surface area contributed by atoms with E-state index in [9.17, 15) is 0 Å². The lowest BCUT2D eigenvalue weighted by molar-refractivity contribution is 0.255. The number of aromatic amines is 1. The summed E-state index contributed by atoms with van der Waals surface area (Å²) < 4.78 is 0. The fourth-order valence-corrected chi connectivity index (χ4v) is 3.12. The van der Waals surface area contributed by atoms with Crippen LogP contribution in [0.25, 0.3) is 0 Å². The summed E-state index contributed by atoms with van der Waals surface area (Å²) in [6.07, 6.45) is 10.1. The van der Waals surface area contributed by atoms with Crippen molar-refractivity contribution >= 4 is 0 Å². The second-order valence-electron chi connectivity index (χ2n) is 5.80. The highest BCUT2D eigenvalue weighted by molar-refractivity contribution is 4.96. The lowest BCUT2D eigenvalue weighted by Crippen LogP contribution is -2.34. The van der Waals surface area contributed by atoms with Gasteiger partial charge in [-0.15, -0.1) is 0 Å². The van der Waals surface area contributed by atoms with Gasteiger partial charge < -0.3 is 10.3 Å². The number of aromatic nitrogens is 2. The van der Waals surface area contributed by atoms with Gasteiger partial charge in [-0.25, -0.2) is 4.98 Å². The Morgan fingerprint density at radius 2 is 2.39 bits per heavy atom. The minimum absolute atomic E-state index is 0.706. The van der Waals surface area contributed by atoms with Crippen LogP contribution in [0, 0.1) is 0 Å². The molecule has 3 rings (SSSR count). The van der Waals surface area contributed by atoms with Crippen molar-refractivity contribution in [3.8, 4) is 0 Å². The third-order valence-corrected chi connectivity index (χ3v) is 4.22. The molecule has 4 heteroatoms. The summed E-state index contributed by atoms with van der Waals surface area (Å²) in [6.45, 7) is 4.74. The summed E-state index contributed by atoms with van der Waals surface area (Å²) in [5.74, 6) is 1.11. The van der Waals surface area contributed by atoms with Gasteiger partial charge in [0.1, 0.15) is 5.82 Å². The Hall–Kier alpha value is -0.870. The first-order valence-corrected chi connectivity index (χ1v) is 7.30. The van der Waals surface area contributed by atoms with E-state index in [0.717, 1.165) is 30.9 Å². The van der Waals surface area contributed by atoms with Crippen molar-refractivity contribution in [3.05, 3.63) is 18.2 Å². The first-order chi connectivity index (χ1) is 8.83. The fourth-order valence-electron chi connectivity index (χ4n) is 3.12. The minimum Gasteiger partial charge on any atom is -0.349 e. The Morgan fingerprint density at radius 3 is 3.11 bits per heavy atom. The van der Waals surface area contributed by atoms with Crippen LogP contribution in [-0.4, -0.2) is 46.1 Å². The molecule has 2 fully saturated rings. The molecule has 2 N–H and O–H groups in total. The first kappa shape index (κ1) is 12.2. The van der Waals surface area contributed by atoms with Crippen molar-refractivity contribution in [3.63, 3.8) is 0 Å². The van der Waals surface area contributed by atoms with Crippen LogP contribution in [0.5, 0.6) is 0 Å². The summed E-state index contributed by atoms with van der Waals surface area (Å²) in [5, 5.41) is 3.70. The second-order valence-corrected chi connectivity index (χ2v) is 5.80. The van der Waals surface area contributed by atoms with Gasteiger partial charge in [-0.05, 0) is 39.2 Å². The van der Waals surface area contributed by atoms with E-state index in [1.165, 1.54) is 32.2 Å². The van der Waals surface area contributed by atoms with E-state index in [1.807, 2.05) is 12.4 Å². The van der Waals surface area contributed by atoms with Crippen LogP contribution in [0.3, 0.4) is 0 Å². The van der Waals surface area contributed by atoms with E-state index in [-0.39, 0.29) is 0 Å². The summed E-state index contributed by atoms with van der Waals surface area (Å²) >= 11 is 0. The number of aryl methyl sites for hydroxylation is 1. The molecule has 4 nitrogen and oxygen atoms in total. The molecule has 1 aromatic rings. The average Bonchev–Trinajstić information content (AvgIpc) is 2.94. The molecule has 0 radical (unpaired) electrons. The van der Waals surface area contributed by atoms with Crippen molar-refractivity contribution in [2.75, 3.05) is 13.1 Å². The molecule has 1 aromatic heterocycles. The van der Waals surface area contributed by atoms with Gasteiger partial charge in [-0.2, -0.15) is 0 Å². The van der Waals surface area contributed by atoms with E-state index in [0.29, 0.717) is 6.04 Å². The largest absolute Gasteiger partial charge is 0.349 e. The molecule has 2 aliphatic rings. The molecule has 18 heavy (non-hydrogen) atoms. The van der Waals surface area contributed by atoms with Crippen molar-refractivity contribution in [1.29, 1.82) is 0 Å². The molecule has 2 atom stereocenters. The average molecular weight is 248 g/mol. The van der Waals surface area contributed by atoms with E-state index < -0.39 is 0 Å². The first-order valence-electron chi connectivity index (χ1n) is 7.30. The zero-order valence-electron chi connectivity index (χ0n) is 11.2. The van der Waals surface area contributed by atoms with Crippen molar-refractivity contribution in [2.45, 2.75) is 57.2 Å². The van der Waals surface area contributed by atoms with Gasteiger partial charge in [0.25, 0.3) is 0 Å². The Bertz CT molecular complexity index is 358. The highest BCUT2D eigenvalue weighted by Crippen LogP contribution is 2.33. The molecule has 2 heterocycles. The van der Waals surface area contributed by atoms with Crippen LogP contribution >= 0.6 is 0 Å². The van der Waals surface area contributed by atoms with E-state index in [2.05, 4.69) is 27.1 Å². The highest BCUT2D eigenvalue weighted by Gasteiger charge is 2.38. The molecule has 1 saturated carbocycles. The molecule has 0 aromatic carbocycles.